The van der Waals surface area contributed by atoms with Crippen molar-refractivity contribution in [3.05, 3.63) is 123 Å². The smallest absolute Gasteiger partial charge is 0.185 e. The first kappa shape index (κ1) is 54.0. The van der Waals surface area contributed by atoms with Crippen LogP contribution in [0.5, 0.6) is 0 Å². The predicted molar refractivity (Wildman–Crippen MR) is 280 cm³/mol. The normalized spacial score (nSPS) is 12.1. The van der Waals surface area contributed by atoms with E-state index in [-0.39, 0.29) is 87.8 Å². The van der Waals surface area contributed by atoms with Gasteiger partial charge in [-0.1, -0.05) is 86.6 Å². The number of hydrogen-bond acceptors (Lipinski definition) is 16. The van der Waals surface area contributed by atoms with E-state index < -0.39 is 0 Å². The molecule has 2 heterocycles. The molecule has 2 aromatic heterocycles. The zero-order valence-corrected chi connectivity index (χ0v) is 43.3. The molecule has 0 saturated carbocycles. The highest BCUT2D eigenvalue weighted by Gasteiger charge is 2.26. The van der Waals surface area contributed by atoms with Gasteiger partial charge in [-0.15, -0.1) is 35.3 Å². The summed E-state index contributed by atoms with van der Waals surface area (Å²) in [6, 6.07) is 14.8. The Hall–Kier alpha value is -4.97. The van der Waals surface area contributed by atoms with Crippen molar-refractivity contribution in [1.29, 1.82) is 0 Å². The van der Waals surface area contributed by atoms with E-state index in [2.05, 4.69) is 82.2 Å². The molecule has 68 heavy (non-hydrogen) atoms. The van der Waals surface area contributed by atoms with Crippen molar-refractivity contribution < 1.29 is 19.2 Å². The molecule has 0 aliphatic heterocycles. The van der Waals surface area contributed by atoms with Gasteiger partial charge in [-0.3, -0.25) is 19.2 Å². The van der Waals surface area contributed by atoms with E-state index in [1.54, 1.807) is 0 Å². The standard InChI is InChI=1S/C52H67N9O4S3/c1-50(2,3)34-16-30(20-43(62)39-26-41(60-28-58-39)45(64)22-32-18-35(51(4,5)6)24-37(56)48(32)67-14-11-54)47(66-13-10-53)31(17-34)21-44(63)40-27-42(61-29-59-40)46(65)23-33-19-36(52(7,8)9)25-38(57)49(33)68-15-12-55/h16-19,24-29H,10-15,20-23,53-57H2,1-9H3. The Bertz CT molecular complexity index is 2500. The molecule has 0 bridgehead atoms. The fourth-order valence-electron chi connectivity index (χ4n) is 7.40. The molecule has 3 aromatic carbocycles. The number of anilines is 2. The Kier molecular flexibility index (Phi) is 18.3. The highest BCUT2D eigenvalue weighted by molar-refractivity contribution is 8.00. The molecule has 0 amide bonds. The van der Waals surface area contributed by atoms with Crippen molar-refractivity contribution in [3.8, 4) is 0 Å². The van der Waals surface area contributed by atoms with Gasteiger partial charge >= 0.3 is 0 Å². The summed E-state index contributed by atoms with van der Waals surface area (Å²) in [7, 11) is 0. The number of carbonyl (C=O) groups is 4. The van der Waals surface area contributed by atoms with Crippen molar-refractivity contribution in [2.45, 2.75) is 119 Å². The van der Waals surface area contributed by atoms with Gasteiger partial charge < -0.3 is 28.7 Å². The van der Waals surface area contributed by atoms with Crippen molar-refractivity contribution in [2.75, 3.05) is 48.4 Å². The molecular formula is C52H67N9O4S3. The number of thioether (sulfide) groups is 3. The van der Waals surface area contributed by atoms with Crippen LogP contribution in [-0.2, 0) is 41.9 Å². The summed E-state index contributed by atoms with van der Waals surface area (Å²) in [5.41, 5.74) is 37.4. The number of rotatable bonds is 21. The second kappa shape index (κ2) is 23.1. The molecule has 16 heteroatoms. The Balaban J connectivity index is 1.45. The minimum absolute atomic E-state index is 0.0221. The molecule has 0 fully saturated rings. The van der Waals surface area contributed by atoms with Crippen LogP contribution in [0.25, 0.3) is 0 Å². The van der Waals surface area contributed by atoms with E-state index in [1.165, 1.54) is 60.1 Å². The number of hydrogen-bond donors (Lipinski definition) is 5. The zero-order chi connectivity index (χ0) is 50.1. The van der Waals surface area contributed by atoms with Gasteiger partial charge in [-0.25, -0.2) is 19.9 Å². The molecule has 10 N–H and O–H groups in total. The third-order valence-corrected chi connectivity index (χ3v) is 14.9. The lowest BCUT2D eigenvalue weighted by atomic mass is 9.83. The second-order valence-electron chi connectivity index (χ2n) is 19.9. The monoisotopic (exact) mass is 977 g/mol. The van der Waals surface area contributed by atoms with Crippen LogP contribution in [0.4, 0.5) is 11.4 Å². The second-order valence-corrected chi connectivity index (χ2v) is 23.2. The minimum atomic E-state index is -0.361. The molecule has 0 atom stereocenters. The molecule has 0 aliphatic rings. The molecule has 0 unspecified atom stereocenters. The van der Waals surface area contributed by atoms with Crippen molar-refractivity contribution in [2.24, 2.45) is 17.2 Å². The summed E-state index contributed by atoms with van der Waals surface area (Å²) in [5.74, 6) is 0.579. The van der Waals surface area contributed by atoms with Crippen LogP contribution >= 0.6 is 35.3 Å². The van der Waals surface area contributed by atoms with Crippen LogP contribution in [0.1, 0.15) is 143 Å². The lowest BCUT2D eigenvalue weighted by Gasteiger charge is -2.24. The van der Waals surface area contributed by atoms with E-state index in [0.717, 1.165) is 42.5 Å². The number of nitrogen functional groups attached to an aromatic ring is 2. The van der Waals surface area contributed by atoms with E-state index >= 15 is 0 Å². The van der Waals surface area contributed by atoms with Crippen LogP contribution in [0, 0.1) is 0 Å². The zero-order valence-electron chi connectivity index (χ0n) is 40.9. The van der Waals surface area contributed by atoms with Gasteiger partial charge in [0.25, 0.3) is 0 Å². The fraction of sp³-hybridized carbons (Fsp3) is 0.423. The van der Waals surface area contributed by atoms with Gasteiger partial charge in [-0.2, -0.15) is 0 Å². The molecule has 0 saturated heterocycles. The maximum absolute atomic E-state index is 14.3. The maximum Gasteiger partial charge on any atom is 0.185 e. The SMILES string of the molecule is CC(C)(C)c1cc(N)c(SCCN)c(CC(=O)c2cc(C(=O)Cc3cc(C(C)(C)C)cc(CC(=O)c4cc(C(=O)Cc5cc(C(C)(C)C)cc(N)c5SCCN)ncn4)c3SCCN)ncn2)c1. The topological polar surface area (TPSA) is 250 Å². The number of aromatic nitrogens is 4. The van der Waals surface area contributed by atoms with Gasteiger partial charge in [0.05, 0.1) is 0 Å². The Labute approximate surface area is 414 Å². The number of benzene rings is 3. The third-order valence-electron chi connectivity index (χ3n) is 11.2. The van der Waals surface area contributed by atoms with Gasteiger partial charge in [0.2, 0.25) is 0 Å². The van der Waals surface area contributed by atoms with E-state index in [9.17, 15) is 19.2 Å². The fourth-order valence-corrected chi connectivity index (χ4v) is 10.1. The van der Waals surface area contributed by atoms with Crippen LogP contribution in [0.2, 0.25) is 0 Å². The molecule has 13 nitrogen and oxygen atoms in total. The minimum Gasteiger partial charge on any atom is -0.398 e. The predicted octanol–water partition coefficient (Wildman–Crippen LogP) is 8.18. The first-order valence-electron chi connectivity index (χ1n) is 22.7. The van der Waals surface area contributed by atoms with Gasteiger partial charge in [0.1, 0.15) is 35.4 Å². The number of carbonyl (C=O) groups excluding carboxylic acids is 4. The molecule has 5 rings (SSSR count). The van der Waals surface area contributed by atoms with Gasteiger partial charge in [-0.05, 0) is 79.5 Å². The number of Topliss-reactive ketones (excluding diaryl/α,β-unsaturated/α-hetero) is 4. The molecule has 5 aromatic rings. The summed E-state index contributed by atoms with van der Waals surface area (Å²) < 4.78 is 0. The van der Waals surface area contributed by atoms with E-state index in [4.69, 9.17) is 28.7 Å². The number of ketones is 4. The number of nitrogens with two attached hydrogens (primary N) is 5. The summed E-state index contributed by atoms with van der Waals surface area (Å²) in [6.07, 6.45) is 2.39. The average molecular weight is 978 g/mol. The Morgan fingerprint density at radius 2 is 0.662 bits per heavy atom. The van der Waals surface area contributed by atoms with E-state index in [1.807, 2.05) is 36.4 Å². The third kappa shape index (κ3) is 14.1. The molecular weight excluding hydrogens is 911 g/mol. The molecule has 362 valence electrons. The molecule has 0 aliphatic carbocycles. The highest BCUT2D eigenvalue weighted by atomic mass is 32.2. The van der Waals surface area contributed by atoms with Crippen molar-refractivity contribution in [3.63, 3.8) is 0 Å². The Morgan fingerprint density at radius 1 is 0.412 bits per heavy atom. The van der Waals surface area contributed by atoms with Crippen LogP contribution in [0.3, 0.4) is 0 Å². The van der Waals surface area contributed by atoms with Crippen LogP contribution < -0.4 is 28.7 Å². The van der Waals surface area contributed by atoms with Crippen molar-refractivity contribution >= 4 is 69.8 Å². The lowest BCUT2D eigenvalue weighted by molar-refractivity contribution is 0.0971. The first-order chi connectivity index (χ1) is 31.9. The van der Waals surface area contributed by atoms with E-state index in [0.29, 0.717) is 59.4 Å². The van der Waals surface area contributed by atoms with Crippen molar-refractivity contribution in [1.82, 2.24) is 19.9 Å². The summed E-state index contributed by atoms with van der Waals surface area (Å²) in [6.45, 7) is 20.0. The molecule has 0 spiro atoms. The lowest BCUT2D eigenvalue weighted by Crippen LogP contribution is -2.18. The summed E-state index contributed by atoms with van der Waals surface area (Å²) in [5, 5.41) is 0. The van der Waals surface area contributed by atoms with Gasteiger partial charge in [0, 0.05) is 88.6 Å². The quantitative estimate of drug-likeness (QED) is 0.0264. The van der Waals surface area contributed by atoms with Gasteiger partial charge in [0.15, 0.2) is 23.1 Å². The summed E-state index contributed by atoms with van der Waals surface area (Å²) >= 11 is 4.49. The maximum atomic E-state index is 14.3. The highest BCUT2D eigenvalue weighted by Crippen LogP contribution is 2.38. The van der Waals surface area contributed by atoms with Crippen LogP contribution in [-0.4, -0.2) is 80.0 Å². The number of nitrogens with zero attached hydrogens (tertiary/aromatic N) is 4. The first-order valence-corrected chi connectivity index (χ1v) is 25.7. The van der Waals surface area contributed by atoms with Crippen LogP contribution in [0.15, 0.2) is 75.9 Å². The summed E-state index contributed by atoms with van der Waals surface area (Å²) in [4.78, 5) is 75.9. The Morgan fingerprint density at radius 3 is 0.926 bits per heavy atom. The molecule has 0 radical (unpaired) electrons. The average Bonchev–Trinajstić information content (AvgIpc) is 3.27. The largest absolute Gasteiger partial charge is 0.398 e.